The molecule has 5 heteroatoms. The average Bonchev–Trinajstić information content (AvgIpc) is 3.19. The highest BCUT2D eigenvalue weighted by atomic mass is 35.5. The topological polar surface area (TPSA) is 47.0 Å². The average molecular weight is 284 g/mol. The molecule has 0 spiro atoms. The molecule has 0 aromatic carbocycles. The summed E-state index contributed by atoms with van der Waals surface area (Å²) in [5, 5.41) is 3.93. The molecule has 106 valence electrons. The molecule has 1 aliphatic carbocycles. The van der Waals surface area contributed by atoms with Gasteiger partial charge in [-0.05, 0) is 25.7 Å². The maximum atomic E-state index is 6.03. The van der Waals surface area contributed by atoms with E-state index in [1.807, 2.05) is 6.92 Å². The van der Waals surface area contributed by atoms with Crippen LogP contribution in [0, 0.1) is 5.92 Å². The normalized spacial score (nSPS) is 16.4. The molecule has 1 aromatic rings. The first-order valence-electron chi connectivity index (χ1n) is 7.09. The Bertz CT molecular complexity index is 410. The lowest BCUT2D eigenvalue weighted by Crippen LogP contribution is -2.20. The van der Waals surface area contributed by atoms with Crippen molar-refractivity contribution in [3.05, 3.63) is 17.0 Å². The molecule has 0 aliphatic heterocycles. The van der Waals surface area contributed by atoms with Crippen molar-refractivity contribution < 1.29 is 4.74 Å². The van der Waals surface area contributed by atoms with Crippen LogP contribution in [0.2, 0.25) is 5.15 Å². The zero-order chi connectivity index (χ0) is 13.7. The van der Waals surface area contributed by atoms with Crippen LogP contribution >= 0.6 is 11.6 Å². The molecule has 1 aromatic heterocycles. The van der Waals surface area contributed by atoms with Crippen LogP contribution in [0.15, 0.2) is 6.07 Å². The summed E-state index contributed by atoms with van der Waals surface area (Å²) in [5.41, 5.74) is 0. The van der Waals surface area contributed by atoms with Gasteiger partial charge in [0.05, 0.1) is 0 Å². The van der Waals surface area contributed by atoms with Gasteiger partial charge < -0.3 is 10.1 Å². The number of aromatic nitrogens is 2. The predicted octanol–water partition coefficient (Wildman–Crippen LogP) is 3.66. The van der Waals surface area contributed by atoms with Crippen LogP contribution in [0.25, 0.3) is 0 Å². The summed E-state index contributed by atoms with van der Waals surface area (Å²) in [6.07, 6.45) is 5.06. The van der Waals surface area contributed by atoms with E-state index < -0.39 is 0 Å². The quantitative estimate of drug-likeness (QED) is 0.740. The highest BCUT2D eigenvalue weighted by Gasteiger charge is 2.24. The van der Waals surface area contributed by atoms with Crippen LogP contribution in [0.5, 0.6) is 0 Å². The summed E-state index contributed by atoms with van der Waals surface area (Å²) in [4.78, 5) is 8.62. The molecule has 4 nitrogen and oxygen atoms in total. The van der Waals surface area contributed by atoms with Crippen molar-refractivity contribution in [1.82, 2.24) is 9.97 Å². The van der Waals surface area contributed by atoms with Crippen LogP contribution < -0.4 is 5.32 Å². The van der Waals surface area contributed by atoms with Crippen molar-refractivity contribution in [3.63, 3.8) is 0 Å². The summed E-state index contributed by atoms with van der Waals surface area (Å²) in [6.45, 7) is 5.21. The van der Waals surface area contributed by atoms with Crippen molar-refractivity contribution in [2.75, 3.05) is 11.9 Å². The Balaban J connectivity index is 1.98. The van der Waals surface area contributed by atoms with Crippen molar-refractivity contribution in [2.24, 2.45) is 5.92 Å². The molecule has 1 N–H and O–H groups in total. The Morgan fingerprint density at radius 1 is 1.42 bits per heavy atom. The Labute approximate surface area is 119 Å². The Morgan fingerprint density at radius 2 is 2.21 bits per heavy atom. The number of anilines is 1. The third-order valence-electron chi connectivity index (χ3n) is 3.34. The molecule has 19 heavy (non-hydrogen) atoms. The van der Waals surface area contributed by atoms with E-state index in [1.54, 1.807) is 6.07 Å². The number of hydrogen-bond acceptors (Lipinski definition) is 4. The van der Waals surface area contributed by atoms with Gasteiger partial charge in [-0.2, -0.15) is 0 Å². The lowest BCUT2D eigenvalue weighted by molar-refractivity contribution is 0.128. The molecular formula is C14H22ClN3O. The van der Waals surface area contributed by atoms with Gasteiger partial charge in [0.25, 0.3) is 0 Å². The van der Waals surface area contributed by atoms with Crippen LogP contribution in [0.3, 0.4) is 0 Å². The zero-order valence-electron chi connectivity index (χ0n) is 11.7. The Hall–Kier alpha value is -0.870. The number of ether oxygens (including phenoxy) is 1. The first-order chi connectivity index (χ1) is 9.21. The van der Waals surface area contributed by atoms with Crippen LogP contribution in [0.1, 0.15) is 45.4 Å². The second-order valence-corrected chi connectivity index (χ2v) is 5.45. The smallest absolute Gasteiger partial charge is 0.158 e. The maximum absolute atomic E-state index is 6.03. The molecule has 1 fully saturated rings. The molecule has 1 aliphatic rings. The summed E-state index contributed by atoms with van der Waals surface area (Å²) >= 11 is 6.03. The van der Waals surface area contributed by atoms with Crippen molar-refractivity contribution in [2.45, 2.75) is 52.2 Å². The van der Waals surface area contributed by atoms with Gasteiger partial charge in [-0.25, -0.2) is 9.97 Å². The number of halogens is 1. The maximum Gasteiger partial charge on any atom is 0.158 e. The number of nitrogens with zero attached hydrogens (tertiary/aromatic N) is 2. The Kier molecular flexibility index (Phi) is 5.40. The SMILES string of the molecule is CCOCc1nc(Cl)cc(NC(CC)CC2CC2)n1. The molecule has 1 heterocycles. The molecule has 1 unspecified atom stereocenters. The second-order valence-electron chi connectivity index (χ2n) is 5.06. The number of rotatable bonds is 8. The van der Waals surface area contributed by atoms with Crippen LogP contribution in [-0.2, 0) is 11.3 Å². The second kappa shape index (κ2) is 7.06. The molecule has 0 amide bonds. The van der Waals surface area contributed by atoms with E-state index in [-0.39, 0.29) is 0 Å². The van der Waals surface area contributed by atoms with Gasteiger partial charge in [-0.1, -0.05) is 31.4 Å². The predicted molar refractivity (Wildman–Crippen MR) is 77.4 cm³/mol. The van der Waals surface area contributed by atoms with E-state index in [9.17, 15) is 0 Å². The summed E-state index contributed by atoms with van der Waals surface area (Å²) in [5.74, 6) is 2.35. The molecule has 0 bridgehead atoms. The monoisotopic (exact) mass is 283 g/mol. The fourth-order valence-corrected chi connectivity index (χ4v) is 2.29. The molecule has 0 radical (unpaired) electrons. The van der Waals surface area contributed by atoms with Gasteiger partial charge in [0.2, 0.25) is 0 Å². The van der Waals surface area contributed by atoms with Gasteiger partial charge in [0.1, 0.15) is 17.6 Å². The van der Waals surface area contributed by atoms with E-state index in [1.165, 1.54) is 19.3 Å². The number of hydrogen-bond donors (Lipinski definition) is 1. The molecule has 1 atom stereocenters. The van der Waals surface area contributed by atoms with Crippen molar-refractivity contribution in [1.29, 1.82) is 0 Å². The standard InChI is InChI=1S/C14H22ClN3O/c1-3-11(7-10-5-6-10)16-13-8-12(15)17-14(18-13)9-19-4-2/h8,10-11H,3-7,9H2,1-2H3,(H,16,17,18). The fourth-order valence-electron chi connectivity index (χ4n) is 2.09. The van der Waals surface area contributed by atoms with E-state index in [0.29, 0.717) is 30.2 Å². The third-order valence-corrected chi connectivity index (χ3v) is 3.53. The minimum absolute atomic E-state index is 0.408. The third kappa shape index (κ3) is 4.96. The highest BCUT2D eigenvalue weighted by Crippen LogP contribution is 2.34. The lowest BCUT2D eigenvalue weighted by Gasteiger charge is -2.17. The van der Waals surface area contributed by atoms with Crippen LogP contribution in [-0.4, -0.2) is 22.6 Å². The van der Waals surface area contributed by atoms with Gasteiger partial charge >= 0.3 is 0 Å². The van der Waals surface area contributed by atoms with Crippen LogP contribution in [0.4, 0.5) is 5.82 Å². The first kappa shape index (κ1) is 14.5. The van der Waals surface area contributed by atoms with E-state index in [0.717, 1.165) is 18.2 Å². The van der Waals surface area contributed by atoms with Gasteiger partial charge in [-0.3, -0.25) is 0 Å². The fraction of sp³-hybridized carbons (Fsp3) is 0.714. The van der Waals surface area contributed by atoms with Crippen molar-refractivity contribution in [3.8, 4) is 0 Å². The minimum Gasteiger partial charge on any atom is -0.374 e. The highest BCUT2D eigenvalue weighted by molar-refractivity contribution is 6.29. The molecule has 1 saturated carbocycles. The van der Waals surface area contributed by atoms with E-state index in [2.05, 4.69) is 22.2 Å². The largest absolute Gasteiger partial charge is 0.374 e. The minimum atomic E-state index is 0.408. The van der Waals surface area contributed by atoms with E-state index in [4.69, 9.17) is 16.3 Å². The number of nitrogens with one attached hydrogen (secondary N) is 1. The molecular weight excluding hydrogens is 262 g/mol. The lowest BCUT2D eigenvalue weighted by atomic mass is 10.1. The molecule has 0 saturated heterocycles. The molecule has 2 rings (SSSR count). The summed E-state index contributed by atoms with van der Waals surface area (Å²) < 4.78 is 5.32. The van der Waals surface area contributed by atoms with E-state index >= 15 is 0 Å². The van der Waals surface area contributed by atoms with Gasteiger partial charge in [0.15, 0.2) is 5.82 Å². The van der Waals surface area contributed by atoms with Gasteiger partial charge in [0, 0.05) is 18.7 Å². The Morgan fingerprint density at radius 3 is 2.84 bits per heavy atom. The first-order valence-corrected chi connectivity index (χ1v) is 7.46. The van der Waals surface area contributed by atoms with Gasteiger partial charge in [-0.15, -0.1) is 0 Å². The summed E-state index contributed by atoms with van der Waals surface area (Å²) in [6, 6.07) is 2.26. The zero-order valence-corrected chi connectivity index (χ0v) is 12.4. The summed E-state index contributed by atoms with van der Waals surface area (Å²) in [7, 11) is 0. The van der Waals surface area contributed by atoms with Crippen molar-refractivity contribution >= 4 is 17.4 Å².